The van der Waals surface area contributed by atoms with Gasteiger partial charge in [0.25, 0.3) is 0 Å². The Labute approximate surface area is 112 Å². The van der Waals surface area contributed by atoms with Crippen LogP contribution in [0.1, 0.15) is 6.92 Å². The van der Waals surface area contributed by atoms with E-state index in [-0.39, 0.29) is 0 Å². The van der Waals surface area contributed by atoms with Crippen molar-refractivity contribution in [3.8, 4) is 11.3 Å². The molecule has 0 saturated heterocycles. The molecular weight excluding hydrogens is 242 g/mol. The molecule has 18 heavy (non-hydrogen) atoms. The van der Waals surface area contributed by atoms with Gasteiger partial charge in [0.1, 0.15) is 0 Å². The Morgan fingerprint density at radius 1 is 1.00 bits per heavy atom. The molecule has 0 aliphatic carbocycles. The minimum atomic E-state index is 0.816. The summed E-state index contributed by atoms with van der Waals surface area (Å²) in [6.07, 6.45) is 0. The fourth-order valence-corrected chi connectivity index (χ4v) is 2.74. The van der Waals surface area contributed by atoms with E-state index in [2.05, 4.69) is 47.9 Å². The van der Waals surface area contributed by atoms with E-state index in [4.69, 9.17) is 11.6 Å². The van der Waals surface area contributed by atoms with Gasteiger partial charge >= 0.3 is 0 Å². The molecule has 0 fully saturated rings. The van der Waals surface area contributed by atoms with Crippen molar-refractivity contribution in [1.29, 1.82) is 0 Å². The second kappa shape index (κ2) is 4.51. The molecule has 0 radical (unpaired) electrons. The lowest BCUT2D eigenvalue weighted by molar-refractivity contribution is 0.805. The summed E-state index contributed by atoms with van der Waals surface area (Å²) < 4.78 is 2.27. The smallest absolute Gasteiger partial charge is 0.0674 e. The third-order valence-corrected chi connectivity index (χ3v) is 3.56. The third kappa shape index (κ3) is 1.72. The highest BCUT2D eigenvalue weighted by Crippen LogP contribution is 2.32. The molecule has 0 amide bonds. The molecule has 0 N–H and O–H groups in total. The van der Waals surface area contributed by atoms with E-state index < -0.39 is 0 Å². The Morgan fingerprint density at radius 3 is 2.50 bits per heavy atom. The van der Waals surface area contributed by atoms with Gasteiger partial charge in [0.05, 0.1) is 10.5 Å². The molecule has 0 bridgehead atoms. The predicted molar refractivity (Wildman–Crippen MR) is 78.1 cm³/mol. The van der Waals surface area contributed by atoms with Crippen molar-refractivity contribution in [3.63, 3.8) is 0 Å². The Morgan fingerprint density at radius 2 is 1.78 bits per heavy atom. The fourth-order valence-electron chi connectivity index (χ4n) is 2.46. The van der Waals surface area contributed by atoms with Crippen molar-refractivity contribution in [1.82, 2.24) is 4.57 Å². The summed E-state index contributed by atoms with van der Waals surface area (Å²) in [5, 5.41) is 2.01. The van der Waals surface area contributed by atoms with Crippen LogP contribution in [-0.4, -0.2) is 4.57 Å². The van der Waals surface area contributed by atoms with E-state index in [0.717, 1.165) is 17.1 Å². The van der Waals surface area contributed by atoms with Gasteiger partial charge in [-0.05, 0) is 24.6 Å². The summed E-state index contributed by atoms with van der Waals surface area (Å²) in [5.41, 5.74) is 3.58. The number of aromatic nitrogens is 1. The van der Waals surface area contributed by atoms with Gasteiger partial charge in [-0.25, -0.2) is 0 Å². The third-order valence-electron chi connectivity index (χ3n) is 3.26. The molecule has 0 aliphatic heterocycles. The number of benzene rings is 2. The summed E-state index contributed by atoms with van der Waals surface area (Å²) >= 11 is 6.32. The molecule has 1 aromatic heterocycles. The number of halogens is 1. The first-order chi connectivity index (χ1) is 8.81. The van der Waals surface area contributed by atoms with Crippen molar-refractivity contribution in [2.75, 3.05) is 0 Å². The van der Waals surface area contributed by atoms with Gasteiger partial charge in [-0.1, -0.05) is 54.1 Å². The Kier molecular flexibility index (Phi) is 2.85. The maximum Gasteiger partial charge on any atom is 0.0674 e. The first kappa shape index (κ1) is 11.4. The van der Waals surface area contributed by atoms with E-state index in [1.54, 1.807) is 0 Å². The van der Waals surface area contributed by atoms with Gasteiger partial charge in [0, 0.05) is 17.6 Å². The molecule has 3 rings (SSSR count). The zero-order valence-electron chi connectivity index (χ0n) is 10.2. The molecule has 1 nitrogen and oxygen atoms in total. The van der Waals surface area contributed by atoms with Gasteiger partial charge in [0.2, 0.25) is 0 Å². The van der Waals surface area contributed by atoms with Crippen LogP contribution in [0.15, 0.2) is 54.6 Å². The van der Waals surface area contributed by atoms with Gasteiger partial charge in [-0.2, -0.15) is 0 Å². The maximum atomic E-state index is 6.32. The molecular formula is C16H14ClN. The number of nitrogens with zero attached hydrogens (tertiary/aromatic N) is 1. The molecule has 0 aliphatic rings. The van der Waals surface area contributed by atoms with Crippen molar-refractivity contribution >= 4 is 22.5 Å². The van der Waals surface area contributed by atoms with Crippen LogP contribution in [0.3, 0.4) is 0 Å². The average molecular weight is 256 g/mol. The molecule has 90 valence electrons. The van der Waals surface area contributed by atoms with Crippen molar-refractivity contribution in [2.45, 2.75) is 13.5 Å². The van der Waals surface area contributed by atoms with Crippen LogP contribution in [0.4, 0.5) is 0 Å². The fraction of sp³-hybridized carbons (Fsp3) is 0.125. The average Bonchev–Trinajstić information content (AvgIpc) is 2.79. The molecule has 0 spiro atoms. The van der Waals surface area contributed by atoms with Crippen LogP contribution in [0.5, 0.6) is 0 Å². The number of aryl methyl sites for hydroxylation is 1. The molecule has 2 heteroatoms. The summed E-state index contributed by atoms with van der Waals surface area (Å²) in [5.74, 6) is 0. The summed E-state index contributed by atoms with van der Waals surface area (Å²) in [7, 11) is 0. The SMILES string of the molecule is CCn1c(-c2ccccc2)cc2cccc(Cl)c21. The molecule has 0 saturated carbocycles. The van der Waals surface area contributed by atoms with Crippen LogP contribution >= 0.6 is 11.6 Å². The lowest BCUT2D eigenvalue weighted by atomic mass is 10.1. The quantitative estimate of drug-likeness (QED) is 0.609. The first-order valence-electron chi connectivity index (χ1n) is 6.14. The standard InChI is InChI=1S/C16H14ClN/c1-2-18-15(12-7-4-3-5-8-12)11-13-9-6-10-14(17)16(13)18/h3-11H,2H2,1H3. The molecule has 3 aromatic rings. The van der Waals surface area contributed by atoms with Crippen LogP contribution in [0.2, 0.25) is 5.02 Å². The number of fused-ring (bicyclic) bond motifs is 1. The zero-order chi connectivity index (χ0) is 12.5. The minimum Gasteiger partial charge on any atom is -0.340 e. The van der Waals surface area contributed by atoms with Crippen LogP contribution in [0.25, 0.3) is 22.2 Å². The van der Waals surface area contributed by atoms with Gasteiger partial charge in [0.15, 0.2) is 0 Å². The lowest BCUT2D eigenvalue weighted by Crippen LogP contribution is -1.96. The summed E-state index contributed by atoms with van der Waals surface area (Å²) in [6.45, 7) is 3.06. The Balaban J connectivity index is 2.34. The maximum absolute atomic E-state index is 6.32. The number of hydrogen-bond donors (Lipinski definition) is 0. The Bertz CT molecular complexity index is 683. The van der Waals surface area contributed by atoms with Crippen LogP contribution in [0, 0.1) is 0 Å². The van der Waals surface area contributed by atoms with E-state index in [1.807, 2.05) is 18.2 Å². The molecule has 2 aromatic carbocycles. The zero-order valence-corrected chi connectivity index (χ0v) is 11.0. The highest BCUT2D eigenvalue weighted by molar-refractivity contribution is 6.35. The van der Waals surface area contributed by atoms with Gasteiger partial charge < -0.3 is 4.57 Å². The summed E-state index contributed by atoms with van der Waals surface area (Å²) in [6, 6.07) is 18.7. The van der Waals surface area contributed by atoms with Crippen LogP contribution in [-0.2, 0) is 6.54 Å². The monoisotopic (exact) mass is 255 g/mol. The van der Waals surface area contributed by atoms with E-state index >= 15 is 0 Å². The lowest BCUT2D eigenvalue weighted by Gasteiger charge is -2.08. The molecule has 0 atom stereocenters. The topological polar surface area (TPSA) is 4.93 Å². The molecule has 1 heterocycles. The number of para-hydroxylation sites is 1. The van der Waals surface area contributed by atoms with E-state index in [9.17, 15) is 0 Å². The van der Waals surface area contributed by atoms with Crippen molar-refractivity contribution in [2.24, 2.45) is 0 Å². The van der Waals surface area contributed by atoms with Crippen LogP contribution < -0.4 is 0 Å². The largest absolute Gasteiger partial charge is 0.340 e. The Hall–Kier alpha value is -1.73. The second-order valence-corrected chi connectivity index (χ2v) is 4.72. The van der Waals surface area contributed by atoms with Crippen molar-refractivity contribution in [3.05, 3.63) is 59.6 Å². The first-order valence-corrected chi connectivity index (χ1v) is 6.52. The van der Waals surface area contributed by atoms with Gasteiger partial charge in [-0.3, -0.25) is 0 Å². The highest BCUT2D eigenvalue weighted by Gasteiger charge is 2.11. The van der Waals surface area contributed by atoms with Gasteiger partial charge in [-0.15, -0.1) is 0 Å². The summed E-state index contributed by atoms with van der Waals surface area (Å²) in [4.78, 5) is 0. The highest BCUT2D eigenvalue weighted by atomic mass is 35.5. The molecule has 0 unspecified atom stereocenters. The number of hydrogen-bond acceptors (Lipinski definition) is 0. The number of rotatable bonds is 2. The normalized spacial score (nSPS) is 11.0. The minimum absolute atomic E-state index is 0.816. The second-order valence-electron chi connectivity index (χ2n) is 4.32. The van der Waals surface area contributed by atoms with Crippen molar-refractivity contribution < 1.29 is 0 Å². The predicted octanol–water partition coefficient (Wildman–Crippen LogP) is 4.98. The van der Waals surface area contributed by atoms with E-state index in [0.29, 0.717) is 0 Å². The van der Waals surface area contributed by atoms with E-state index in [1.165, 1.54) is 16.6 Å².